The summed E-state index contributed by atoms with van der Waals surface area (Å²) in [6, 6.07) is 13.6. The van der Waals surface area contributed by atoms with Crippen molar-refractivity contribution in [2.45, 2.75) is 61.2 Å². The predicted molar refractivity (Wildman–Crippen MR) is 251 cm³/mol. The van der Waals surface area contributed by atoms with Crippen molar-refractivity contribution < 1.29 is 107 Å². The molecule has 0 saturated carbocycles. The number of fused-ring (bicyclic) bond motifs is 1. The van der Waals surface area contributed by atoms with Crippen molar-refractivity contribution in [1.29, 1.82) is 0 Å². The van der Waals surface area contributed by atoms with Gasteiger partial charge in [0.1, 0.15) is 102 Å². The highest BCUT2D eigenvalue weighted by atomic mass is 16.7. The number of esters is 2. The van der Waals surface area contributed by atoms with Gasteiger partial charge in [-0.2, -0.15) is 0 Å². The maximum absolute atomic E-state index is 13.8. The molecule has 2 aliphatic rings. The third-order valence-corrected chi connectivity index (χ3v) is 11.9. The Balaban J connectivity index is 1.18. The minimum Gasteiger partial charge on any atom is -0.508 e. The highest BCUT2D eigenvalue weighted by Crippen LogP contribution is 2.47. The van der Waals surface area contributed by atoms with E-state index in [0.717, 1.165) is 18.2 Å². The molecule has 390 valence electrons. The Kier molecular flexibility index (Phi) is 16.7. The maximum atomic E-state index is 13.8. The number of rotatable bonds is 17. The highest BCUT2D eigenvalue weighted by Gasteiger charge is 2.52. The van der Waals surface area contributed by atoms with E-state index in [1.54, 1.807) is 0 Å². The summed E-state index contributed by atoms with van der Waals surface area (Å²) in [6.45, 7) is -1.51. The van der Waals surface area contributed by atoms with Gasteiger partial charge in [-0.05, 0) is 71.8 Å². The number of phenols is 4. The highest BCUT2D eigenvalue weighted by molar-refractivity contribution is 5.89. The third kappa shape index (κ3) is 11.4. The number of aliphatic hydroxyl groups excluding tert-OH is 5. The van der Waals surface area contributed by atoms with E-state index in [-0.39, 0.29) is 62.9 Å². The van der Waals surface area contributed by atoms with E-state index in [1.165, 1.54) is 102 Å². The minimum atomic E-state index is -2.10. The maximum Gasteiger partial charge on any atom is 0.330 e. The van der Waals surface area contributed by atoms with Gasteiger partial charge in [-0.25, -0.2) is 9.59 Å². The molecule has 2 fully saturated rings. The Morgan fingerprint density at radius 3 is 1.55 bits per heavy atom. The average molecular weight is 1020 g/mol. The second-order valence-electron chi connectivity index (χ2n) is 16.4. The molecule has 10 atom stereocenters. The molecule has 0 spiro atoms. The van der Waals surface area contributed by atoms with Crippen molar-refractivity contribution in [3.8, 4) is 63.1 Å². The lowest BCUT2D eigenvalue weighted by molar-refractivity contribution is -0.342. The van der Waals surface area contributed by atoms with Crippen LogP contribution in [0.4, 0.5) is 0 Å². The molecule has 9 N–H and O–H groups in total. The lowest BCUT2D eigenvalue weighted by Crippen LogP contribution is -2.63. The summed E-state index contributed by atoms with van der Waals surface area (Å²) in [5.41, 5.74) is -0.265. The fourth-order valence-corrected chi connectivity index (χ4v) is 8.06. The van der Waals surface area contributed by atoms with E-state index in [4.69, 9.17) is 51.8 Å². The first-order chi connectivity index (χ1) is 34.9. The third-order valence-electron chi connectivity index (χ3n) is 11.9. The Morgan fingerprint density at radius 1 is 0.575 bits per heavy atom. The smallest absolute Gasteiger partial charge is 0.330 e. The molecule has 23 nitrogen and oxygen atoms in total. The largest absolute Gasteiger partial charge is 0.508 e. The monoisotopic (exact) mass is 1020 g/mol. The van der Waals surface area contributed by atoms with Gasteiger partial charge in [0.05, 0.1) is 41.1 Å². The van der Waals surface area contributed by atoms with E-state index < -0.39 is 103 Å². The molecule has 3 heterocycles. The molecule has 0 bridgehead atoms. The zero-order chi connectivity index (χ0) is 52.8. The summed E-state index contributed by atoms with van der Waals surface area (Å²) in [6.07, 6.45) is -14.5. The lowest BCUT2D eigenvalue weighted by atomic mass is 9.89. The Hall–Kier alpha value is -7.61. The number of methoxy groups -OCH3 is 5. The predicted octanol–water partition coefficient (Wildman–Crippen LogP) is 2.19. The first kappa shape index (κ1) is 53.2. The molecule has 5 aromatic rings. The van der Waals surface area contributed by atoms with E-state index in [9.17, 15) is 60.3 Å². The van der Waals surface area contributed by atoms with Gasteiger partial charge in [0.2, 0.25) is 11.5 Å². The number of phenolic OH excluding ortho intramolecular Hbond substituents is 4. The summed E-state index contributed by atoms with van der Waals surface area (Å²) in [7, 11) is 6.44. The van der Waals surface area contributed by atoms with Crippen LogP contribution in [0.3, 0.4) is 0 Å². The number of aliphatic hydroxyl groups is 5. The quantitative estimate of drug-likeness (QED) is 0.0476. The minimum absolute atomic E-state index is 0.0408. The molecule has 0 amide bonds. The van der Waals surface area contributed by atoms with Crippen molar-refractivity contribution in [3.63, 3.8) is 0 Å². The molecule has 2 saturated heterocycles. The number of benzene rings is 4. The zero-order valence-electron chi connectivity index (χ0n) is 39.5. The number of hydrogen-bond donors (Lipinski definition) is 9. The summed E-state index contributed by atoms with van der Waals surface area (Å²) >= 11 is 0. The van der Waals surface area contributed by atoms with Gasteiger partial charge in [0, 0.05) is 29.8 Å². The average Bonchev–Trinajstić information content (AvgIpc) is 3.38. The molecular formula is C50H52O23. The molecule has 7 rings (SSSR count). The molecule has 73 heavy (non-hydrogen) atoms. The van der Waals surface area contributed by atoms with Gasteiger partial charge in [-0.3, -0.25) is 4.79 Å². The van der Waals surface area contributed by atoms with Gasteiger partial charge < -0.3 is 97.7 Å². The van der Waals surface area contributed by atoms with Gasteiger partial charge in [0.25, 0.3) is 0 Å². The topological polar surface area (TPSA) is 339 Å². The summed E-state index contributed by atoms with van der Waals surface area (Å²) in [4.78, 5) is 39.7. The molecule has 23 heteroatoms. The second-order valence-corrected chi connectivity index (χ2v) is 16.4. The van der Waals surface area contributed by atoms with Crippen LogP contribution in [-0.2, 0) is 33.3 Å². The van der Waals surface area contributed by atoms with Crippen molar-refractivity contribution in [1.82, 2.24) is 0 Å². The van der Waals surface area contributed by atoms with Gasteiger partial charge in [0.15, 0.2) is 34.7 Å². The summed E-state index contributed by atoms with van der Waals surface area (Å²) in [5.74, 6) is -3.39. The van der Waals surface area contributed by atoms with Crippen LogP contribution < -0.4 is 29.1 Å². The Bertz CT molecular complexity index is 2860. The molecular weight excluding hydrogens is 969 g/mol. The van der Waals surface area contributed by atoms with Crippen LogP contribution in [-0.4, -0.2) is 162 Å². The number of hydrogen-bond acceptors (Lipinski definition) is 23. The van der Waals surface area contributed by atoms with Crippen molar-refractivity contribution in [2.24, 2.45) is 0 Å². The normalized spacial score (nSPS) is 24.1. The molecule has 2 aliphatic heterocycles. The van der Waals surface area contributed by atoms with E-state index in [2.05, 4.69) is 0 Å². The van der Waals surface area contributed by atoms with Gasteiger partial charge in [-0.1, -0.05) is 0 Å². The van der Waals surface area contributed by atoms with Crippen molar-refractivity contribution >= 4 is 35.1 Å². The van der Waals surface area contributed by atoms with E-state index in [0.29, 0.717) is 16.7 Å². The van der Waals surface area contributed by atoms with Crippen LogP contribution in [0.15, 0.2) is 82.0 Å². The van der Waals surface area contributed by atoms with Crippen LogP contribution in [0.25, 0.3) is 34.4 Å². The number of aromatic hydroxyl groups is 4. The molecule has 1 aromatic heterocycles. The second kappa shape index (κ2) is 22.9. The van der Waals surface area contributed by atoms with Gasteiger partial charge in [-0.15, -0.1) is 0 Å². The fraction of sp³-hybridized carbons (Fsp3) is 0.340. The lowest BCUT2D eigenvalue weighted by Gasteiger charge is -2.46. The molecule has 0 radical (unpaired) electrons. The van der Waals surface area contributed by atoms with Crippen LogP contribution in [0, 0.1) is 0 Å². The summed E-state index contributed by atoms with van der Waals surface area (Å²) in [5, 5.41) is 98.4. The van der Waals surface area contributed by atoms with Crippen molar-refractivity contribution in [2.75, 3.05) is 48.8 Å². The standard InChI is InChI=1S/C50H52O23/c1-63-28-19-29-38(26(52)18-27(70-29)24-8-10-25(51)11-9-24)44(59)39(28)48-49(46(61)43(58)34(71-48)20-68-36(53)12-6-22-14-30(64-2)40(55)31(15-22)65-3)73-50-47(62)45(60)42(57)35(72-50)21-69-37(54)13-7-23-16-32(66-4)41(56)33(17-23)67-5/h6-19,34-35,42-43,45-51,55-62H,20-21H2,1-5H3/b12-6+,13-7+/t34-,35-,42-,43-,45+,46+,47-,48+,49-,50+/m1/s1. The van der Waals surface area contributed by atoms with Gasteiger partial charge >= 0.3 is 11.9 Å². The first-order valence-corrected chi connectivity index (χ1v) is 22.0. The van der Waals surface area contributed by atoms with E-state index >= 15 is 0 Å². The van der Waals surface area contributed by atoms with Crippen LogP contribution in [0.5, 0.6) is 51.7 Å². The Morgan fingerprint density at radius 2 is 1.05 bits per heavy atom. The molecule has 0 unspecified atom stereocenters. The van der Waals surface area contributed by atoms with Crippen LogP contribution in [0.1, 0.15) is 22.8 Å². The fourth-order valence-electron chi connectivity index (χ4n) is 8.06. The number of carbonyl (C=O) groups excluding carboxylic acids is 2. The van der Waals surface area contributed by atoms with Crippen LogP contribution >= 0.6 is 0 Å². The number of ether oxygens (including phenoxy) is 10. The molecule has 0 aliphatic carbocycles. The zero-order valence-corrected chi connectivity index (χ0v) is 39.5. The Labute approximate surface area is 414 Å². The van der Waals surface area contributed by atoms with Crippen LogP contribution in [0.2, 0.25) is 0 Å². The summed E-state index contributed by atoms with van der Waals surface area (Å²) < 4.78 is 61.0. The van der Waals surface area contributed by atoms with Crippen molar-refractivity contribution in [3.05, 3.63) is 99.7 Å². The number of carbonyl (C=O) groups is 2. The van der Waals surface area contributed by atoms with E-state index in [1.807, 2.05) is 0 Å². The molecule has 4 aromatic carbocycles. The SMILES string of the molecule is COc1cc(/C=C/C(=O)OC[C@H]2O[C@@H](O[C@@H]3[C@@H](O)[C@H](O)[C@@H](COC(=O)/C=C/c4cc(OC)c(O)c(OC)c4)O[C@H]3c3c(OC)cc4oc(-c5ccc(O)cc5)cc(=O)c4c3O)[C@H](O)[C@@H](O)[C@@H]2O)cc(OC)c1O. The first-order valence-electron chi connectivity index (χ1n) is 22.0.